The van der Waals surface area contributed by atoms with E-state index in [4.69, 9.17) is 11.6 Å². The van der Waals surface area contributed by atoms with Gasteiger partial charge in [0.15, 0.2) is 5.96 Å². The van der Waals surface area contributed by atoms with Gasteiger partial charge in [-0.15, -0.1) is 24.0 Å². The van der Waals surface area contributed by atoms with Gasteiger partial charge in [0.25, 0.3) is 0 Å². The van der Waals surface area contributed by atoms with E-state index < -0.39 is 0 Å². The summed E-state index contributed by atoms with van der Waals surface area (Å²) in [6.07, 6.45) is 3.28. The topological polar surface area (TPSA) is 47.9 Å². The Labute approximate surface area is 211 Å². The fraction of sp³-hybridized carbons (Fsp3) is 0.417. The minimum atomic E-state index is -0.326. The van der Waals surface area contributed by atoms with Crippen molar-refractivity contribution in [2.24, 2.45) is 4.99 Å². The fourth-order valence-corrected chi connectivity index (χ4v) is 4.79. The number of nitrogens with zero attached hydrogens (tertiary/aromatic N) is 3. The van der Waals surface area contributed by atoms with Crippen LogP contribution in [0.15, 0.2) is 47.5 Å². The maximum absolute atomic E-state index is 13.3. The van der Waals surface area contributed by atoms with Gasteiger partial charge in [0.2, 0.25) is 5.91 Å². The standard InChI is InChI=1S/C24H28ClFN4O.HI/c1-27-24(28-12-10-17-8-9-19(26)15-21(17)25)30-16-18(20-5-2-3-6-22(20)30)11-14-29-13-4-7-23(29)31;/h2-3,5-6,8-9,15,18H,4,7,10-14,16H2,1H3,(H,27,28);1H. The molecular weight excluding hydrogens is 542 g/mol. The second-order valence-electron chi connectivity index (χ2n) is 8.10. The van der Waals surface area contributed by atoms with Gasteiger partial charge >= 0.3 is 0 Å². The Morgan fingerprint density at radius 1 is 1.28 bits per heavy atom. The molecule has 32 heavy (non-hydrogen) atoms. The Bertz CT molecular complexity index is 986. The van der Waals surface area contributed by atoms with Gasteiger partial charge in [-0.2, -0.15) is 0 Å². The van der Waals surface area contributed by atoms with Gasteiger partial charge in [-0.3, -0.25) is 9.79 Å². The number of fused-ring (bicyclic) bond motifs is 1. The Morgan fingerprint density at radius 3 is 2.81 bits per heavy atom. The van der Waals surface area contributed by atoms with E-state index in [1.807, 2.05) is 11.0 Å². The van der Waals surface area contributed by atoms with E-state index in [-0.39, 0.29) is 35.7 Å². The summed E-state index contributed by atoms with van der Waals surface area (Å²) in [7, 11) is 1.78. The minimum Gasteiger partial charge on any atom is -0.356 e. The molecule has 0 saturated carbocycles. The molecule has 2 heterocycles. The van der Waals surface area contributed by atoms with E-state index in [0.29, 0.717) is 30.3 Å². The second kappa shape index (κ2) is 11.3. The van der Waals surface area contributed by atoms with E-state index in [1.165, 1.54) is 17.7 Å². The number of rotatable bonds is 6. The quantitative estimate of drug-likeness (QED) is 0.308. The Balaban J connectivity index is 0.00000289. The van der Waals surface area contributed by atoms with Crippen LogP contribution in [-0.4, -0.2) is 50.0 Å². The zero-order valence-electron chi connectivity index (χ0n) is 18.2. The van der Waals surface area contributed by atoms with Crippen molar-refractivity contribution in [1.82, 2.24) is 10.2 Å². The molecule has 0 aromatic heterocycles. The average molecular weight is 571 g/mol. The molecule has 8 heteroatoms. The lowest BCUT2D eigenvalue weighted by atomic mass is 9.98. The maximum Gasteiger partial charge on any atom is 0.222 e. The first-order valence-electron chi connectivity index (χ1n) is 10.9. The molecule has 172 valence electrons. The highest BCUT2D eigenvalue weighted by molar-refractivity contribution is 14.0. The van der Waals surface area contributed by atoms with Crippen LogP contribution in [-0.2, 0) is 11.2 Å². The summed E-state index contributed by atoms with van der Waals surface area (Å²) in [5, 5.41) is 3.87. The first kappa shape index (κ1) is 24.8. The SMILES string of the molecule is CN=C(NCCc1ccc(F)cc1Cl)N1CC(CCN2CCCC2=O)c2ccccc21.I. The summed E-state index contributed by atoms with van der Waals surface area (Å²) in [5.74, 6) is 1.12. The molecule has 1 fully saturated rings. The number of likely N-dealkylation sites (tertiary alicyclic amines) is 1. The van der Waals surface area contributed by atoms with E-state index >= 15 is 0 Å². The number of benzene rings is 2. The van der Waals surface area contributed by atoms with Crippen LogP contribution in [0, 0.1) is 5.82 Å². The highest BCUT2D eigenvalue weighted by atomic mass is 127. The molecular formula is C24H29ClFIN4O. The predicted molar refractivity (Wildman–Crippen MR) is 139 cm³/mol. The normalized spacial score (nSPS) is 18.0. The third-order valence-electron chi connectivity index (χ3n) is 6.15. The number of anilines is 1. The van der Waals surface area contributed by atoms with Crippen molar-refractivity contribution in [3.8, 4) is 0 Å². The van der Waals surface area contributed by atoms with Gasteiger partial charge in [-0.25, -0.2) is 4.39 Å². The van der Waals surface area contributed by atoms with Crippen LogP contribution in [0.1, 0.15) is 36.3 Å². The maximum atomic E-state index is 13.3. The Morgan fingerprint density at radius 2 is 2.09 bits per heavy atom. The summed E-state index contributed by atoms with van der Waals surface area (Å²) in [5.41, 5.74) is 3.37. The summed E-state index contributed by atoms with van der Waals surface area (Å²) in [6.45, 7) is 3.16. The molecule has 1 saturated heterocycles. The summed E-state index contributed by atoms with van der Waals surface area (Å²) in [4.78, 5) is 20.7. The largest absolute Gasteiger partial charge is 0.356 e. The van der Waals surface area contributed by atoms with Gasteiger partial charge in [0.1, 0.15) is 5.82 Å². The van der Waals surface area contributed by atoms with Gasteiger partial charge < -0.3 is 15.1 Å². The number of hydrogen-bond acceptors (Lipinski definition) is 2. The van der Waals surface area contributed by atoms with Gasteiger partial charge in [0, 0.05) is 56.3 Å². The first-order chi connectivity index (χ1) is 15.1. The van der Waals surface area contributed by atoms with E-state index in [2.05, 4.69) is 33.4 Å². The molecule has 2 aliphatic heterocycles. The highest BCUT2D eigenvalue weighted by Gasteiger charge is 2.32. The minimum absolute atomic E-state index is 0. The molecule has 0 radical (unpaired) electrons. The molecule has 1 atom stereocenters. The van der Waals surface area contributed by atoms with E-state index in [0.717, 1.165) is 49.7 Å². The Hall–Kier alpha value is -1.87. The van der Waals surface area contributed by atoms with Crippen molar-refractivity contribution in [1.29, 1.82) is 0 Å². The number of hydrogen-bond donors (Lipinski definition) is 1. The number of amides is 1. The van der Waals surface area contributed by atoms with Gasteiger partial charge in [-0.05, 0) is 48.6 Å². The monoisotopic (exact) mass is 570 g/mol. The molecule has 2 aliphatic rings. The van der Waals surface area contributed by atoms with Crippen LogP contribution in [0.2, 0.25) is 5.02 Å². The van der Waals surface area contributed by atoms with Gasteiger partial charge in [0.05, 0.1) is 0 Å². The summed E-state index contributed by atoms with van der Waals surface area (Å²) >= 11 is 6.15. The lowest BCUT2D eigenvalue weighted by molar-refractivity contribution is -0.127. The number of halogens is 3. The van der Waals surface area contributed by atoms with Crippen LogP contribution in [0.4, 0.5) is 10.1 Å². The smallest absolute Gasteiger partial charge is 0.222 e. The van der Waals surface area contributed by atoms with E-state index in [1.54, 1.807) is 13.1 Å². The molecule has 2 aromatic rings. The molecule has 5 nitrogen and oxygen atoms in total. The predicted octanol–water partition coefficient (Wildman–Crippen LogP) is 4.83. The lowest BCUT2D eigenvalue weighted by Crippen LogP contribution is -2.42. The third-order valence-corrected chi connectivity index (χ3v) is 6.50. The third kappa shape index (κ3) is 5.54. The molecule has 1 amide bonds. The van der Waals surface area contributed by atoms with Crippen molar-refractivity contribution in [3.63, 3.8) is 0 Å². The number of nitrogens with one attached hydrogen (secondary N) is 1. The van der Waals surface area contributed by atoms with Crippen molar-refractivity contribution < 1.29 is 9.18 Å². The zero-order valence-corrected chi connectivity index (χ0v) is 21.3. The molecule has 1 N–H and O–H groups in total. The fourth-order valence-electron chi connectivity index (χ4n) is 4.52. The average Bonchev–Trinajstić information content (AvgIpc) is 3.34. The number of para-hydroxylation sites is 1. The summed E-state index contributed by atoms with van der Waals surface area (Å²) in [6, 6.07) is 12.9. The Kier molecular flexibility index (Phi) is 8.76. The number of aliphatic imine (C=N–C) groups is 1. The van der Waals surface area contributed by atoms with Gasteiger partial charge in [-0.1, -0.05) is 35.9 Å². The molecule has 2 aromatic carbocycles. The van der Waals surface area contributed by atoms with Crippen LogP contribution >= 0.6 is 35.6 Å². The molecule has 0 spiro atoms. The van der Waals surface area contributed by atoms with Crippen LogP contribution < -0.4 is 10.2 Å². The van der Waals surface area contributed by atoms with E-state index in [9.17, 15) is 9.18 Å². The zero-order chi connectivity index (χ0) is 21.8. The molecule has 0 aliphatic carbocycles. The number of guanidine groups is 1. The van der Waals surface area contributed by atoms with Crippen molar-refractivity contribution in [3.05, 3.63) is 64.4 Å². The molecule has 4 rings (SSSR count). The summed E-state index contributed by atoms with van der Waals surface area (Å²) < 4.78 is 13.3. The van der Waals surface area contributed by atoms with Crippen LogP contribution in [0.25, 0.3) is 0 Å². The van der Waals surface area contributed by atoms with Crippen molar-refractivity contribution in [2.45, 2.75) is 31.6 Å². The highest BCUT2D eigenvalue weighted by Crippen LogP contribution is 2.38. The number of carbonyl (C=O) groups excluding carboxylic acids is 1. The van der Waals surface area contributed by atoms with Crippen molar-refractivity contribution >= 4 is 53.1 Å². The van der Waals surface area contributed by atoms with Crippen molar-refractivity contribution in [2.75, 3.05) is 38.1 Å². The number of carbonyl (C=O) groups is 1. The first-order valence-corrected chi connectivity index (χ1v) is 11.2. The second-order valence-corrected chi connectivity index (χ2v) is 8.51. The molecule has 0 bridgehead atoms. The molecule has 1 unspecified atom stereocenters. The lowest BCUT2D eigenvalue weighted by Gasteiger charge is -2.23. The van der Waals surface area contributed by atoms with Crippen LogP contribution in [0.3, 0.4) is 0 Å². The van der Waals surface area contributed by atoms with Crippen LogP contribution in [0.5, 0.6) is 0 Å².